The van der Waals surface area contributed by atoms with E-state index < -0.39 is 20.3 Å². The molecule has 0 bridgehead atoms. The van der Waals surface area contributed by atoms with Gasteiger partial charge in [-0.05, 0) is 38.8 Å². The van der Waals surface area contributed by atoms with Gasteiger partial charge in [0.2, 0.25) is 6.10 Å². The Morgan fingerprint density at radius 2 is 1.64 bits per heavy atom. The first-order valence-corrected chi connectivity index (χ1v) is 11.0. The summed E-state index contributed by atoms with van der Waals surface area (Å²) in [5.41, 5.74) is 2.10. The van der Waals surface area contributed by atoms with Gasteiger partial charge >= 0.3 is 6.09 Å². The van der Waals surface area contributed by atoms with Gasteiger partial charge in [-0.3, -0.25) is 0 Å². The van der Waals surface area contributed by atoms with Gasteiger partial charge in [0.25, 0.3) is 0 Å². The van der Waals surface area contributed by atoms with Gasteiger partial charge in [-0.2, -0.15) is 5.26 Å². The fourth-order valence-electron chi connectivity index (χ4n) is 1.87. The third-order valence-electron chi connectivity index (χ3n) is 4.30. The van der Waals surface area contributed by atoms with Crippen molar-refractivity contribution in [2.24, 2.45) is 0 Å². The van der Waals surface area contributed by atoms with Crippen LogP contribution in [0.25, 0.3) is 0 Å². The summed E-state index contributed by atoms with van der Waals surface area (Å²) in [6.45, 7) is 18.9. The molecule has 1 atom stereocenters. The van der Waals surface area contributed by atoms with Crippen LogP contribution in [0.15, 0.2) is 11.8 Å². The Bertz CT molecular complexity index is 435. The van der Waals surface area contributed by atoms with Crippen molar-refractivity contribution in [2.75, 3.05) is 0 Å². The Morgan fingerprint density at radius 1 is 1.18 bits per heavy atom. The van der Waals surface area contributed by atoms with Gasteiger partial charge in [-0.1, -0.05) is 39.6 Å². The second-order valence-corrected chi connectivity index (χ2v) is 13.1. The van der Waals surface area contributed by atoms with Crippen LogP contribution in [0.2, 0.25) is 18.1 Å². The maximum absolute atomic E-state index is 12.2. The fourth-order valence-corrected chi connectivity index (χ4v) is 3.03. The van der Waals surface area contributed by atoms with Gasteiger partial charge < -0.3 is 9.64 Å². The van der Waals surface area contributed by atoms with E-state index in [1.54, 1.807) is 11.0 Å². The number of nitrogens with zero attached hydrogens (tertiary/aromatic N) is 2. The molecule has 0 aliphatic heterocycles. The number of rotatable bonds is 5. The van der Waals surface area contributed by atoms with Crippen LogP contribution < -0.4 is 0 Å². The van der Waals surface area contributed by atoms with Gasteiger partial charge in [0.1, 0.15) is 6.07 Å². The highest BCUT2D eigenvalue weighted by Crippen LogP contribution is 2.36. The summed E-state index contributed by atoms with van der Waals surface area (Å²) < 4.78 is 5.35. The van der Waals surface area contributed by atoms with E-state index in [0.29, 0.717) is 0 Å². The maximum atomic E-state index is 12.2. The van der Waals surface area contributed by atoms with Crippen LogP contribution >= 0.6 is 0 Å². The third kappa shape index (κ3) is 5.84. The molecular weight excluding hydrogens is 292 g/mol. The molecule has 0 heterocycles. The predicted octanol–water partition coefficient (Wildman–Crippen LogP) is 4.74. The number of carbonyl (C=O) groups is 1. The molecule has 0 aromatic rings. The lowest BCUT2D eigenvalue weighted by Gasteiger charge is -2.34. The lowest BCUT2D eigenvalue weighted by molar-refractivity contribution is 0.0737. The van der Waals surface area contributed by atoms with Crippen molar-refractivity contribution in [3.05, 3.63) is 11.8 Å². The smallest absolute Gasteiger partial charge is 0.411 e. The molecule has 0 aliphatic carbocycles. The van der Waals surface area contributed by atoms with E-state index in [4.69, 9.17) is 4.74 Å². The first-order valence-electron chi connectivity index (χ1n) is 7.91. The molecule has 0 aliphatic rings. The fraction of sp³-hybridized carbons (Fsp3) is 0.765. The van der Waals surface area contributed by atoms with Crippen molar-refractivity contribution in [3.8, 4) is 6.07 Å². The highest BCUT2D eigenvalue weighted by atomic mass is 28.3. The summed E-state index contributed by atoms with van der Waals surface area (Å²) in [6, 6.07) is 2.13. The summed E-state index contributed by atoms with van der Waals surface area (Å²) >= 11 is 0. The standard InChI is InChI=1S/C17H32N2O2Si/c1-13(2)19(14(3)4)16(20)21-15(12-18)10-11-22(8,9)17(5,6)7/h10-11,13-15H,1-9H3/b11-10+/t15-/m0/s1. The minimum atomic E-state index is -1.64. The van der Waals surface area contributed by atoms with Crippen LogP contribution in [0, 0.1) is 11.3 Å². The van der Waals surface area contributed by atoms with Crippen molar-refractivity contribution in [2.45, 2.75) is 84.8 Å². The average Bonchev–Trinajstić information content (AvgIpc) is 2.31. The number of hydrogen-bond acceptors (Lipinski definition) is 3. The number of amides is 1. The molecule has 0 aromatic heterocycles. The van der Waals surface area contributed by atoms with Crippen molar-refractivity contribution >= 4 is 14.2 Å². The molecule has 5 heteroatoms. The topological polar surface area (TPSA) is 53.3 Å². The SMILES string of the molecule is CC(C)N(C(=O)O[C@H](C#N)/C=C/[Si](C)(C)C(C)(C)C)C(C)C. The monoisotopic (exact) mass is 324 g/mol. The van der Waals surface area contributed by atoms with Crippen molar-refractivity contribution in [1.82, 2.24) is 4.90 Å². The molecule has 0 fully saturated rings. The van der Waals surface area contributed by atoms with Crippen LogP contribution in [0.5, 0.6) is 0 Å². The first kappa shape index (κ1) is 20.7. The zero-order valence-corrected chi connectivity index (χ0v) is 16.6. The van der Waals surface area contributed by atoms with Gasteiger partial charge in [0.15, 0.2) is 0 Å². The Kier molecular flexibility index (Phi) is 7.37. The van der Waals surface area contributed by atoms with E-state index in [9.17, 15) is 10.1 Å². The Labute approximate surface area is 137 Å². The molecule has 1 amide bonds. The molecule has 0 rings (SSSR count). The lowest BCUT2D eigenvalue weighted by Crippen LogP contribution is -2.43. The minimum Gasteiger partial charge on any atom is -0.426 e. The van der Waals surface area contributed by atoms with E-state index >= 15 is 0 Å². The molecule has 0 saturated heterocycles. The van der Waals surface area contributed by atoms with E-state index in [0.717, 1.165) is 0 Å². The molecule has 4 nitrogen and oxygen atoms in total. The molecule has 0 aromatic carbocycles. The van der Waals surface area contributed by atoms with Crippen molar-refractivity contribution in [3.63, 3.8) is 0 Å². The van der Waals surface area contributed by atoms with Gasteiger partial charge in [-0.25, -0.2) is 4.79 Å². The quantitative estimate of drug-likeness (QED) is 0.686. The minimum absolute atomic E-state index is 0.0382. The van der Waals surface area contributed by atoms with Gasteiger partial charge in [0.05, 0.1) is 8.07 Å². The molecule has 0 N–H and O–H groups in total. The van der Waals surface area contributed by atoms with Crippen LogP contribution in [-0.4, -0.2) is 37.3 Å². The molecular formula is C17H32N2O2Si. The van der Waals surface area contributed by atoms with Crippen LogP contribution in [0.4, 0.5) is 4.79 Å². The summed E-state index contributed by atoms with van der Waals surface area (Å²) in [4.78, 5) is 13.9. The largest absolute Gasteiger partial charge is 0.426 e. The molecule has 22 heavy (non-hydrogen) atoms. The summed E-state index contributed by atoms with van der Waals surface area (Å²) in [7, 11) is -1.64. The number of nitriles is 1. The highest BCUT2D eigenvalue weighted by Gasteiger charge is 2.33. The summed E-state index contributed by atoms with van der Waals surface area (Å²) in [6.07, 6.45) is 0.479. The van der Waals surface area contributed by atoms with E-state index in [1.807, 2.05) is 27.7 Å². The molecule has 126 valence electrons. The van der Waals surface area contributed by atoms with Crippen molar-refractivity contribution in [1.29, 1.82) is 5.26 Å². The molecule has 0 radical (unpaired) electrons. The van der Waals surface area contributed by atoms with E-state index in [2.05, 4.69) is 45.6 Å². The molecule has 0 saturated carbocycles. The zero-order chi connectivity index (χ0) is 17.7. The Balaban J connectivity index is 5.03. The summed E-state index contributed by atoms with van der Waals surface area (Å²) in [5, 5.41) is 9.44. The normalized spacial score (nSPS) is 14.3. The average molecular weight is 325 g/mol. The third-order valence-corrected chi connectivity index (χ3v) is 9.19. The summed E-state index contributed by atoms with van der Waals surface area (Å²) in [5.74, 6) is 0. The van der Waals surface area contributed by atoms with E-state index in [1.165, 1.54) is 0 Å². The molecule has 0 unspecified atom stereocenters. The van der Waals surface area contributed by atoms with Crippen LogP contribution in [-0.2, 0) is 4.74 Å². The predicted molar refractivity (Wildman–Crippen MR) is 94.3 cm³/mol. The van der Waals surface area contributed by atoms with Gasteiger partial charge in [0, 0.05) is 12.1 Å². The Morgan fingerprint density at radius 3 is 1.95 bits per heavy atom. The number of carbonyl (C=O) groups excluding carboxylic acids is 1. The first-order chi connectivity index (χ1) is 9.83. The molecule has 0 spiro atoms. The van der Waals surface area contributed by atoms with Crippen LogP contribution in [0.3, 0.4) is 0 Å². The zero-order valence-electron chi connectivity index (χ0n) is 15.6. The highest BCUT2D eigenvalue weighted by molar-refractivity contribution is 6.84. The van der Waals surface area contributed by atoms with Crippen molar-refractivity contribution < 1.29 is 9.53 Å². The number of ether oxygens (including phenoxy) is 1. The van der Waals surface area contributed by atoms with Gasteiger partial charge in [-0.15, -0.1) is 0 Å². The maximum Gasteiger partial charge on any atom is 0.411 e. The second kappa shape index (κ2) is 7.82. The van der Waals surface area contributed by atoms with Crippen LogP contribution in [0.1, 0.15) is 48.5 Å². The lowest BCUT2D eigenvalue weighted by atomic mass is 10.2. The Hall–Kier alpha value is -1.28. The second-order valence-electron chi connectivity index (χ2n) is 7.86. The van der Waals surface area contributed by atoms with E-state index in [-0.39, 0.29) is 17.1 Å². The number of hydrogen-bond donors (Lipinski definition) is 0.